The molecule has 2 aliphatic rings. The lowest BCUT2D eigenvalue weighted by atomic mass is 9.74. The van der Waals surface area contributed by atoms with Gasteiger partial charge in [0.2, 0.25) is 0 Å². The summed E-state index contributed by atoms with van der Waals surface area (Å²) in [5, 5.41) is 3.88. The molecule has 2 saturated carbocycles. The number of nitrogens with one attached hydrogen (secondary N) is 1. The molecule has 0 heterocycles. The van der Waals surface area contributed by atoms with Crippen molar-refractivity contribution < 1.29 is 0 Å². The van der Waals surface area contributed by atoms with Gasteiger partial charge in [-0.05, 0) is 38.5 Å². The molecular weight excluding hydrogens is 146 g/mol. The number of hydrogen-bond acceptors (Lipinski definition) is 1. The topological polar surface area (TPSA) is 12.0 Å². The van der Waals surface area contributed by atoms with Gasteiger partial charge in [0.05, 0.1) is 0 Å². The molecule has 2 rings (SSSR count). The Bertz CT molecular complexity index is 138. The summed E-state index contributed by atoms with van der Waals surface area (Å²) in [6.07, 6.45) is 11.4. The first-order valence-electron chi connectivity index (χ1n) is 5.62. The SMILES string of the molecule is CCC1(NC2CCCC2)CCC1. The van der Waals surface area contributed by atoms with Crippen molar-refractivity contribution in [1.82, 2.24) is 5.32 Å². The van der Waals surface area contributed by atoms with Crippen LogP contribution in [0.5, 0.6) is 0 Å². The van der Waals surface area contributed by atoms with Crippen LogP contribution in [0.1, 0.15) is 58.3 Å². The second-order valence-electron chi connectivity index (χ2n) is 4.61. The summed E-state index contributed by atoms with van der Waals surface area (Å²) in [6.45, 7) is 2.33. The Kier molecular flexibility index (Phi) is 2.40. The van der Waals surface area contributed by atoms with E-state index in [4.69, 9.17) is 0 Å². The van der Waals surface area contributed by atoms with Gasteiger partial charge in [-0.2, -0.15) is 0 Å². The van der Waals surface area contributed by atoms with Crippen LogP contribution in [0.25, 0.3) is 0 Å². The third kappa shape index (κ3) is 1.52. The lowest BCUT2D eigenvalue weighted by molar-refractivity contribution is 0.157. The second-order valence-corrected chi connectivity index (χ2v) is 4.61. The first-order valence-corrected chi connectivity index (χ1v) is 5.62. The van der Waals surface area contributed by atoms with Gasteiger partial charge in [0.1, 0.15) is 0 Å². The molecule has 0 radical (unpaired) electrons. The minimum Gasteiger partial charge on any atom is -0.309 e. The van der Waals surface area contributed by atoms with Crippen LogP contribution in [0.15, 0.2) is 0 Å². The Morgan fingerprint density at radius 2 is 1.83 bits per heavy atom. The van der Waals surface area contributed by atoms with E-state index in [9.17, 15) is 0 Å². The first kappa shape index (κ1) is 8.55. The van der Waals surface area contributed by atoms with Gasteiger partial charge in [-0.3, -0.25) is 0 Å². The van der Waals surface area contributed by atoms with E-state index < -0.39 is 0 Å². The van der Waals surface area contributed by atoms with Gasteiger partial charge in [-0.25, -0.2) is 0 Å². The quantitative estimate of drug-likeness (QED) is 0.681. The Balaban J connectivity index is 1.83. The summed E-state index contributed by atoms with van der Waals surface area (Å²) < 4.78 is 0. The first-order chi connectivity index (χ1) is 5.85. The summed E-state index contributed by atoms with van der Waals surface area (Å²) in [7, 11) is 0. The Morgan fingerprint density at radius 1 is 1.17 bits per heavy atom. The van der Waals surface area contributed by atoms with E-state index in [0.29, 0.717) is 5.54 Å². The van der Waals surface area contributed by atoms with Crippen molar-refractivity contribution in [2.45, 2.75) is 69.9 Å². The molecule has 0 aliphatic heterocycles. The fourth-order valence-corrected chi connectivity index (χ4v) is 2.71. The predicted octanol–water partition coefficient (Wildman–Crippen LogP) is 2.85. The molecule has 1 heteroatoms. The van der Waals surface area contributed by atoms with Crippen molar-refractivity contribution in [2.24, 2.45) is 0 Å². The summed E-state index contributed by atoms with van der Waals surface area (Å²) >= 11 is 0. The van der Waals surface area contributed by atoms with E-state index in [1.165, 1.54) is 51.4 Å². The molecule has 0 atom stereocenters. The van der Waals surface area contributed by atoms with Crippen LogP contribution in [0, 0.1) is 0 Å². The Morgan fingerprint density at radius 3 is 2.25 bits per heavy atom. The van der Waals surface area contributed by atoms with E-state index >= 15 is 0 Å². The molecule has 2 fully saturated rings. The number of rotatable bonds is 3. The van der Waals surface area contributed by atoms with Gasteiger partial charge in [-0.15, -0.1) is 0 Å². The zero-order chi connectivity index (χ0) is 8.44. The molecule has 0 spiro atoms. The van der Waals surface area contributed by atoms with Crippen LogP contribution in [-0.2, 0) is 0 Å². The lowest BCUT2D eigenvalue weighted by Crippen LogP contribution is -2.53. The summed E-state index contributed by atoms with van der Waals surface area (Å²) in [4.78, 5) is 0. The van der Waals surface area contributed by atoms with Crippen LogP contribution >= 0.6 is 0 Å². The zero-order valence-corrected chi connectivity index (χ0v) is 8.23. The highest BCUT2D eigenvalue weighted by Crippen LogP contribution is 2.36. The van der Waals surface area contributed by atoms with E-state index in [2.05, 4.69) is 12.2 Å². The molecule has 0 amide bonds. The van der Waals surface area contributed by atoms with Crippen molar-refractivity contribution in [3.05, 3.63) is 0 Å². The third-order valence-corrected chi connectivity index (χ3v) is 3.85. The highest BCUT2D eigenvalue weighted by atomic mass is 15.0. The Labute approximate surface area is 75.9 Å². The molecule has 0 bridgehead atoms. The maximum Gasteiger partial charge on any atom is 0.0181 e. The average Bonchev–Trinajstić information content (AvgIpc) is 2.49. The molecule has 1 N–H and O–H groups in total. The fourth-order valence-electron chi connectivity index (χ4n) is 2.71. The average molecular weight is 167 g/mol. The highest BCUT2D eigenvalue weighted by molar-refractivity contribution is 4.97. The van der Waals surface area contributed by atoms with E-state index in [-0.39, 0.29) is 0 Å². The molecule has 2 aliphatic carbocycles. The summed E-state index contributed by atoms with van der Waals surface area (Å²) in [6, 6.07) is 0.866. The normalized spacial score (nSPS) is 28.8. The van der Waals surface area contributed by atoms with Crippen LogP contribution < -0.4 is 5.32 Å². The van der Waals surface area contributed by atoms with Gasteiger partial charge in [0.15, 0.2) is 0 Å². The van der Waals surface area contributed by atoms with Crippen LogP contribution in [0.3, 0.4) is 0 Å². The minimum atomic E-state index is 0.578. The molecule has 0 aromatic carbocycles. The van der Waals surface area contributed by atoms with E-state index in [1.807, 2.05) is 0 Å². The second kappa shape index (κ2) is 3.37. The third-order valence-electron chi connectivity index (χ3n) is 3.85. The number of hydrogen-bond donors (Lipinski definition) is 1. The molecule has 12 heavy (non-hydrogen) atoms. The van der Waals surface area contributed by atoms with Gasteiger partial charge >= 0.3 is 0 Å². The maximum absolute atomic E-state index is 3.88. The largest absolute Gasteiger partial charge is 0.309 e. The molecule has 0 aromatic heterocycles. The van der Waals surface area contributed by atoms with Crippen LogP contribution in [0.2, 0.25) is 0 Å². The van der Waals surface area contributed by atoms with E-state index in [0.717, 1.165) is 6.04 Å². The monoisotopic (exact) mass is 167 g/mol. The molecule has 70 valence electrons. The van der Waals surface area contributed by atoms with Crippen LogP contribution in [0.4, 0.5) is 0 Å². The smallest absolute Gasteiger partial charge is 0.0181 e. The zero-order valence-electron chi connectivity index (χ0n) is 8.23. The molecule has 0 saturated heterocycles. The minimum absolute atomic E-state index is 0.578. The van der Waals surface area contributed by atoms with Crippen molar-refractivity contribution >= 4 is 0 Å². The molecule has 0 unspecified atom stereocenters. The van der Waals surface area contributed by atoms with Crippen molar-refractivity contribution in [3.63, 3.8) is 0 Å². The molecular formula is C11H21N. The predicted molar refractivity (Wildman–Crippen MR) is 52.3 cm³/mol. The molecule has 1 nitrogen and oxygen atoms in total. The van der Waals surface area contributed by atoms with Gasteiger partial charge in [0.25, 0.3) is 0 Å². The van der Waals surface area contributed by atoms with Gasteiger partial charge in [0, 0.05) is 11.6 Å². The highest BCUT2D eigenvalue weighted by Gasteiger charge is 2.36. The van der Waals surface area contributed by atoms with Crippen molar-refractivity contribution in [3.8, 4) is 0 Å². The van der Waals surface area contributed by atoms with Gasteiger partial charge < -0.3 is 5.32 Å². The lowest BCUT2D eigenvalue weighted by Gasteiger charge is -2.44. The van der Waals surface area contributed by atoms with Crippen LogP contribution in [-0.4, -0.2) is 11.6 Å². The maximum atomic E-state index is 3.88. The van der Waals surface area contributed by atoms with Crippen molar-refractivity contribution in [1.29, 1.82) is 0 Å². The van der Waals surface area contributed by atoms with Gasteiger partial charge in [-0.1, -0.05) is 19.8 Å². The molecule has 0 aromatic rings. The Hall–Kier alpha value is -0.0400. The summed E-state index contributed by atoms with van der Waals surface area (Å²) in [5.41, 5.74) is 0.578. The summed E-state index contributed by atoms with van der Waals surface area (Å²) in [5.74, 6) is 0. The van der Waals surface area contributed by atoms with Crippen molar-refractivity contribution in [2.75, 3.05) is 0 Å². The standard InChI is InChI=1S/C11H21N/c1-2-11(8-5-9-11)12-10-6-3-4-7-10/h10,12H,2-9H2,1H3. The van der Waals surface area contributed by atoms with E-state index in [1.54, 1.807) is 0 Å². The fraction of sp³-hybridized carbons (Fsp3) is 1.00.